The molecule has 0 saturated carbocycles. The van der Waals surface area contributed by atoms with E-state index in [9.17, 15) is 0 Å². The first-order valence-corrected chi connectivity index (χ1v) is 7.86. The van der Waals surface area contributed by atoms with Gasteiger partial charge in [0.05, 0.1) is 0 Å². The summed E-state index contributed by atoms with van der Waals surface area (Å²) in [5, 5.41) is 3.50. The van der Waals surface area contributed by atoms with Gasteiger partial charge in [-0.1, -0.05) is 39.5 Å². The molecule has 2 unspecified atom stereocenters. The van der Waals surface area contributed by atoms with Crippen molar-refractivity contribution in [3.05, 3.63) is 30.1 Å². The Labute approximate surface area is 119 Å². The van der Waals surface area contributed by atoms with E-state index in [0.717, 1.165) is 12.3 Å². The summed E-state index contributed by atoms with van der Waals surface area (Å²) in [4.78, 5) is 4.07. The molecular formula is C17H30N2. The van der Waals surface area contributed by atoms with E-state index in [1.54, 1.807) is 0 Å². The summed E-state index contributed by atoms with van der Waals surface area (Å²) in [6.45, 7) is 4.61. The molecule has 0 aliphatic heterocycles. The van der Waals surface area contributed by atoms with Crippen LogP contribution in [0.5, 0.6) is 0 Å². The predicted molar refractivity (Wildman–Crippen MR) is 83.3 cm³/mol. The lowest BCUT2D eigenvalue weighted by Crippen LogP contribution is -2.28. The van der Waals surface area contributed by atoms with Gasteiger partial charge in [0, 0.05) is 18.4 Å². The van der Waals surface area contributed by atoms with Crippen molar-refractivity contribution in [2.24, 2.45) is 5.92 Å². The summed E-state index contributed by atoms with van der Waals surface area (Å²) in [6.07, 6.45) is 12.9. The normalized spacial score (nSPS) is 14.3. The number of hydrogen-bond acceptors (Lipinski definition) is 2. The minimum atomic E-state index is 0.648. The van der Waals surface area contributed by atoms with E-state index < -0.39 is 0 Å². The number of pyridine rings is 1. The minimum Gasteiger partial charge on any atom is -0.317 e. The Morgan fingerprint density at radius 2 is 1.89 bits per heavy atom. The molecule has 1 rings (SSSR count). The molecule has 0 radical (unpaired) electrons. The van der Waals surface area contributed by atoms with Crippen molar-refractivity contribution in [2.75, 3.05) is 7.05 Å². The summed E-state index contributed by atoms with van der Waals surface area (Å²) < 4.78 is 0. The third-order valence-corrected chi connectivity index (χ3v) is 4.10. The maximum absolute atomic E-state index is 4.07. The molecule has 0 fully saturated rings. The van der Waals surface area contributed by atoms with Gasteiger partial charge in [-0.25, -0.2) is 0 Å². The zero-order valence-electron chi connectivity index (χ0n) is 12.9. The van der Waals surface area contributed by atoms with Crippen molar-refractivity contribution < 1.29 is 0 Å². The zero-order chi connectivity index (χ0) is 13.9. The smallest absolute Gasteiger partial charge is 0.0270 e. The van der Waals surface area contributed by atoms with E-state index in [4.69, 9.17) is 0 Å². The average Bonchev–Trinajstić information content (AvgIpc) is 2.47. The highest BCUT2D eigenvalue weighted by molar-refractivity contribution is 5.09. The SMILES string of the molecule is CCCCC(CC)CC(CCc1ccncc1)NC. The number of aryl methyl sites for hydroxylation is 1. The Hall–Kier alpha value is -0.890. The van der Waals surface area contributed by atoms with Crippen molar-refractivity contribution in [3.63, 3.8) is 0 Å². The quantitative estimate of drug-likeness (QED) is 0.683. The first-order chi connectivity index (χ1) is 9.30. The molecule has 0 aromatic carbocycles. The van der Waals surface area contributed by atoms with Crippen LogP contribution in [0.1, 0.15) is 57.9 Å². The molecule has 0 amide bonds. The third kappa shape index (κ3) is 6.72. The lowest BCUT2D eigenvalue weighted by Gasteiger charge is -2.22. The van der Waals surface area contributed by atoms with Crippen LogP contribution in [0.2, 0.25) is 0 Å². The monoisotopic (exact) mass is 262 g/mol. The van der Waals surface area contributed by atoms with Crippen LogP contribution in [0.4, 0.5) is 0 Å². The highest BCUT2D eigenvalue weighted by Gasteiger charge is 2.13. The van der Waals surface area contributed by atoms with Gasteiger partial charge < -0.3 is 5.32 Å². The minimum absolute atomic E-state index is 0.648. The number of nitrogens with zero attached hydrogens (tertiary/aromatic N) is 1. The van der Waals surface area contributed by atoms with Crippen LogP contribution >= 0.6 is 0 Å². The van der Waals surface area contributed by atoms with E-state index in [-0.39, 0.29) is 0 Å². The van der Waals surface area contributed by atoms with E-state index in [1.165, 1.54) is 44.1 Å². The fourth-order valence-electron chi connectivity index (χ4n) is 2.65. The van der Waals surface area contributed by atoms with Gasteiger partial charge in [-0.15, -0.1) is 0 Å². The zero-order valence-corrected chi connectivity index (χ0v) is 12.9. The molecular weight excluding hydrogens is 232 g/mol. The molecule has 2 heteroatoms. The molecule has 1 N–H and O–H groups in total. The largest absolute Gasteiger partial charge is 0.317 e. The summed E-state index contributed by atoms with van der Waals surface area (Å²) in [6, 6.07) is 4.90. The Morgan fingerprint density at radius 1 is 1.16 bits per heavy atom. The number of unbranched alkanes of at least 4 members (excludes halogenated alkanes) is 1. The molecule has 1 aromatic heterocycles. The van der Waals surface area contributed by atoms with Crippen molar-refractivity contribution >= 4 is 0 Å². The second-order valence-electron chi connectivity index (χ2n) is 5.53. The Balaban J connectivity index is 2.35. The fraction of sp³-hybridized carbons (Fsp3) is 0.706. The molecule has 0 saturated heterocycles. The van der Waals surface area contributed by atoms with E-state index in [0.29, 0.717) is 6.04 Å². The van der Waals surface area contributed by atoms with Crippen LogP contribution < -0.4 is 5.32 Å². The van der Waals surface area contributed by atoms with Gasteiger partial charge in [0.2, 0.25) is 0 Å². The summed E-state index contributed by atoms with van der Waals surface area (Å²) in [7, 11) is 2.10. The van der Waals surface area contributed by atoms with Crippen molar-refractivity contribution in [1.82, 2.24) is 10.3 Å². The second kappa shape index (κ2) is 9.96. The lowest BCUT2D eigenvalue weighted by molar-refractivity contribution is 0.349. The number of rotatable bonds is 10. The Bertz CT molecular complexity index is 310. The molecule has 1 aromatic rings. The standard InChI is InChI=1S/C17H30N2/c1-4-6-7-15(5-2)14-17(18-3)9-8-16-10-12-19-13-11-16/h10-13,15,17-18H,4-9,14H2,1-3H3. The third-order valence-electron chi connectivity index (χ3n) is 4.10. The van der Waals surface area contributed by atoms with E-state index in [2.05, 4.69) is 43.3 Å². The van der Waals surface area contributed by atoms with Crippen molar-refractivity contribution in [3.8, 4) is 0 Å². The molecule has 0 aliphatic carbocycles. The van der Waals surface area contributed by atoms with Gasteiger partial charge in [0.15, 0.2) is 0 Å². The summed E-state index contributed by atoms with van der Waals surface area (Å²) in [5.41, 5.74) is 1.40. The Kier molecular flexibility index (Phi) is 8.48. The van der Waals surface area contributed by atoms with Gasteiger partial charge in [-0.3, -0.25) is 4.98 Å². The van der Waals surface area contributed by atoms with Gasteiger partial charge >= 0.3 is 0 Å². The van der Waals surface area contributed by atoms with Gasteiger partial charge in [0.25, 0.3) is 0 Å². The molecule has 1 heterocycles. The molecule has 0 spiro atoms. The molecule has 0 aliphatic rings. The van der Waals surface area contributed by atoms with Crippen LogP contribution in [-0.2, 0) is 6.42 Å². The van der Waals surface area contributed by atoms with Gasteiger partial charge in [-0.05, 0) is 49.9 Å². The molecule has 0 bridgehead atoms. The second-order valence-corrected chi connectivity index (χ2v) is 5.53. The summed E-state index contributed by atoms with van der Waals surface area (Å²) >= 11 is 0. The van der Waals surface area contributed by atoms with Crippen LogP contribution in [0, 0.1) is 5.92 Å². The molecule has 108 valence electrons. The van der Waals surface area contributed by atoms with Crippen LogP contribution in [-0.4, -0.2) is 18.1 Å². The molecule has 2 atom stereocenters. The van der Waals surface area contributed by atoms with Crippen LogP contribution in [0.25, 0.3) is 0 Å². The Morgan fingerprint density at radius 3 is 2.47 bits per heavy atom. The van der Waals surface area contributed by atoms with E-state index >= 15 is 0 Å². The number of nitrogens with one attached hydrogen (secondary N) is 1. The summed E-state index contributed by atoms with van der Waals surface area (Å²) in [5.74, 6) is 0.884. The highest BCUT2D eigenvalue weighted by atomic mass is 14.9. The lowest BCUT2D eigenvalue weighted by atomic mass is 9.90. The molecule has 2 nitrogen and oxygen atoms in total. The van der Waals surface area contributed by atoms with E-state index in [1.807, 2.05) is 12.4 Å². The average molecular weight is 262 g/mol. The first-order valence-electron chi connectivity index (χ1n) is 7.86. The van der Waals surface area contributed by atoms with Crippen molar-refractivity contribution in [1.29, 1.82) is 0 Å². The molecule has 19 heavy (non-hydrogen) atoms. The number of hydrogen-bond donors (Lipinski definition) is 1. The van der Waals surface area contributed by atoms with Crippen LogP contribution in [0.15, 0.2) is 24.5 Å². The van der Waals surface area contributed by atoms with Gasteiger partial charge in [0.1, 0.15) is 0 Å². The first kappa shape index (κ1) is 16.2. The number of aromatic nitrogens is 1. The fourth-order valence-corrected chi connectivity index (χ4v) is 2.65. The van der Waals surface area contributed by atoms with Gasteiger partial charge in [-0.2, -0.15) is 0 Å². The maximum atomic E-state index is 4.07. The topological polar surface area (TPSA) is 24.9 Å². The van der Waals surface area contributed by atoms with Crippen molar-refractivity contribution in [2.45, 2.75) is 64.8 Å². The van der Waals surface area contributed by atoms with Crippen LogP contribution in [0.3, 0.4) is 0 Å². The maximum Gasteiger partial charge on any atom is 0.0270 e. The predicted octanol–water partition coefficient (Wildman–Crippen LogP) is 4.21. The highest BCUT2D eigenvalue weighted by Crippen LogP contribution is 2.20.